The third kappa shape index (κ3) is 2.68. The van der Waals surface area contributed by atoms with E-state index in [4.69, 9.17) is 15.6 Å². The minimum atomic E-state index is -1.55. The summed E-state index contributed by atoms with van der Waals surface area (Å²) in [7, 11) is 0. The zero-order valence-electron chi connectivity index (χ0n) is 9.47. The van der Waals surface area contributed by atoms with E-state index in [9.17, 15) is 10.2 Å². The molecule has 0 aromatic rings. The first-order chi connectivity index (χ1) is 6.68. The molecule has 0 radical (unpaired) electrons. The predicted molar refractivity (Wildman–Crippen MR) is 55.0 cm³/mol. The van der Waals surface area contributed by atoms with Crippen LogP contribution in [0.1, 0.15) is 27.2 Å². The van der Waals surface area contributed by atoms with Crippen molar-refractivity contribution in [3.63, 3.8) is 0 Å². The van der Waals surface area contributed by atoms with Crippen molar-refractivity contribution in [2.75, 3.05) is 6.61 Å². The number of hydrogen-bond acceptors (Lipinski definition) is 5. The summed E-state index contributed by atoms with van der Waals surface area (Å²) in [4.78, 5) is 0. The summed E-state index contributed by atoms with van der Waals surface area (Å²) in [5.41, 5.74) is 3.80. The highest BCUT2D eigenvalue weighted by Crippen LogP contribution is 2.36. The molecule has 5 N–H and O–H groups in total. The summed E-state index contributed by atoms with van der Waals surface area (Å²) in [6, 6.07) is 0. The lowest BCUT2D eigenvalue weighted by molar-refractivity contribution is -0.247. The minimum absolute atomic E-state index is 0.0141. The van der Waals surface area contributed by atoms with Crippen molar-refractivity contribution >= 4 is 0 Å². The van der Waals surface area contributed by atoms with E-state index in [2.05, 4.69) is 0 Å². The van der Waals surface area contributed by atoms with E-state index < -0.39 is 24.0 Å². The molecule has 0 amide bonds. The van der Waals surface area contributed by atoms with Crippen molar-refractivity contribution in [3.05, 3.63) is 0 Å². The third-order valence-corrected chi connectivity index (χ3v) is 2.70. The van der Waals surface area contributed by atoms with Gasteiger partial charge in [0.2, 0.25) is 0 Å². The molecule has 1 aliphatic heterocycles. The zero-order chi connectivity index (χ0) is 11.9. The van der Waals surface area contributed by atoms with Gasteiger partial charge in [-0.3, -0.25) is 0 Å². The largest absolute Gasteiger partial charge is 0.394 e. The highest BCUT2D eigenvalue weighted by atomic mass is 16.5. The Balaban J connectivity index is 2.86. The molecule has 5 heteroatoms. The number of hydrogen-bond donors (Lipinski definition) is 4. The molecule has 0 aliphatic carbocycles. The lowest BCUT2D eigenvalue weighted by atomic mass is 9.78. The lowest BCUT2D eigenvalue weighted by Crippen LogP contribution is -2.65. The van der Waals surface area contributed by atoms with Crippen LogP contribution in [0.15, 0.2) is 0 Å². The van der Waals surface area contributed by atoms with Gasteiger partial charge in [-0.2, -0.15) is 0 Å². The summed E-state index contributed by atoms with van der Waals surface area (Å²) >= 11 is 0. The fourth-order valence-corrected chi connectivity index (χ4v) is 2.08. The molecule has 1 heterocycles. The first-order valence-electron chi connectivity index (χ1n) is 5.14. The maximum atomic E-state index is 9.96. The van der Waals surface area contributed by atoms with E-state index in [1.165, 1.54) is 0 Å². The summed E-state index contributed by atoms with van der Waals surface area (Å²) in [6.07, 6.45) is -2.19. The molecular weight excluding hydrogens is 198 g/mol. The van der Waals surface area contributed by atoms with Crippen LogP contribution in [0.4, 0.5) is 0 Å². The standard InChI is InChI=1S/C10H21NO4/c1-9(2,3)8-10(11,14)4-6(13)7(5-12)15-8/h6-8,12-14H,4-5,11H2,1-3H3/t6-,7+,8?,10+/m0/s1. The molecular formula is C10H21NO4. The topological polar surface area (TPSA) is 95.9 Å². The Morgan fingerprint density at radius 1 is 1.47 bits per heavy atom. The first-order valence-corrected chi connectivity index (χ1v) is 5.14. The summed E-state index contributed by atoms with van der Waals surface area (Å²) < 4.78 is 5.45. The Morgan fingerprint density at radius 3 is 2.40 bits per heavy atom. The molecule has 1 unspecified atom stereocenters. The molecule has 15 heavy (non-hydrogen) atoms. The van der Waals surface area contributed by atoms with E-state index in [1.807, 2.05) is 20.8 Å². The summed E-state index contributed by atoms with van der Waals surface area (Å²) in [6.45, 7) is 5.40. The highest BCUT2D eigenvalue weighted by Gasteiger charge is 2.49. The van der Waals surface area contributed by atoms with Crippen molar-refractivity contribution in [1.29, 1.82) is 0 Å². The van der Waals surface area contributed by atoms with Crippen LogP contribution < -0.4 is 5.73 Å². The van der Waals surface area contributed by atoms with E-state index >= 15 is 0 Å². The number of aliphatic hydroxyl groups is 3. The van der Waals surface area contributed by atoms with Gasteiger partial charge in [-0.15, -0.1) is 0 Å². The molecule has 0 spiro atoms. The Kier molecular flexibility index (Phi) is 3.42. The predicted octanol–water partition coefficient (Wildman–Crippen LogP) is -0.809. The summed E-state index contributed by atoms with van der Waals surface area (Å²) in [5.74, 6) is 0. The fourth-order valence-electron chi connectivity index (χ4n) is 2.08. The first kappa shape index (κ1) is 12.9. The SMILES string of the molecule is CC(C)(C)C1O[C@H](CO)[C@@H](O)C[C@@]1(N)O. The van der Waals surface area contributed by atoms with Crippen LogP contribution in [0.5, 0.6) is 0 Å². The van der Waals surface area contributed by atoms with Crippen LogP contribution in [0, 0.1) is 5.41 Å². The Labute approximate surface area is 89.9 Å². The van der Waals surface area contributed by atoms with Crippen LogP contribution in [-0.2, 0) is 4.74 Å². The second kappa shape index (κ2) is 3.99. The van der Waals surface area contributed by atoms with Gasteiger partial charge < -0.3 is 25.8 Å². The van der Waals surface area contributed by atoms with Crippen molar-refractivity contribution in [1.82, 2.24) is 0 Å². The monoisotopic (exact) mass is 219 g/mol. The van der Waals surface area contributed by atoms with E-state index in [0.29, 0.717) is 0 Å². The molecule has 0 bridgehead atoms. The average molecular weight is 219 g/mol. The molecule has 90 valence electrons. The molecule has 1 saturated heterocycles. The van der Waals surface area contributed by atoms with Crippen LogP contribution in [-0.4, -0.2) is 46.0 Å². The van der Waals surface area contributed by atoms with Crippen LogP contribution in [0.25, 0.3) is 0 Å². The van der Waals surface area contributed by atoms with Crippen molar-refractivity contribution < 1.29 is 20.1 Å². The van der Waals surface area contributed by atoms with Gasteiger partial charge in [0.15, 0.2) is 0 Å². The highest BCUT2D eigenvalue weighted by molar-refractivity contribution is 4.97. The molecule has 5 nitrogen and oxygen atoms in total. The lowest BCUT2D eigenvalue weighted by Gasteiger charge is -2.48. The fraction of sp³-hybridized carbons (Fsp3) is 1.00. The maximum Gasteiger partial charge on any atom is 0.143 e. The van der Waals surface area contributed by atoms with Crippen LogP contribution in [0.3, 0.4) is 0 Å². The zero-order valence-corrected chi connectivity index (χ0v) is 9.47. The molecule has 4 atom stereocenters. The van der Waals surface area contributed by atoms with Crippen molar-refractivity contribution in [2.24, 2.45) is 11.1 Å². The van der Waals surface area contributed by atoms with Gasteiger partial charge in [0.1, 0.15) is 17.9 Å². The maximum absolute atomic E-state index is 9.96. The molecule has 1 aliphatic rings. The number of rotatable bonds is 1. The van der Waals surface area contributed by atoms with E-state index in [-0.39, 0.29) is 18.4 Å². The smallest absolute Gasteiger partial charge is 0.143 e. The second-order valence-corrected chi connectivity index (χ2v) is 5.37. The Morgan fingerprint density at radius 2 is 2.00 bits per heavy atom. The molecule has 0 aromatic carbocycles. The quantitative estimate of drug-likeness (QED) is 0.433. The van der Waals surface area contributed by atoms with Gasteiger partial charge in [-0.05, 0) is 5.41 Å². The van der Waals surface area contributed by atoms with Crippen molar-refractivity contribution in [3.8, 4) is 0 Å². The Hall–Kier alpha value is -0.200. The molecule has 1 rings (SSSR count). The second-order valence-electron chi connectivity index (χ2n) is 5.37. The van der Waals surface area contributed by atoms with Crippen molar-refractivity contribution in [2.45, 2.75) is 51.2 Å². The van der Waals surface area contributed by atoms with Gasteiger partial charge in [-0.25, -0.2) is 0 Å². The number of ether oxygens (including phenoxy) is 1. The minimum Gasteiger partial charge on any atom is -0.394 e. The van der Waals surface area contributed by atoms with Gasteiger partial charge in [0.05, 0.1) is 12.7 Å². The molecule has 1 fully saturated rings. The molecule has 0 aromatic heterocycles. The average Bonchev–Trinajstić information content (AvgIpc) is 1.99. The van der Waals surface area contributed by atoms with E-state index in [0.717, 1.165) is 0 Å². The van der Waals surface area contributed by atoms with Crippen LogP contribution in [0.2, 0.25) is 0 Å². The van der Waals surface area contributed by atoms with E-state index in [1.54, 1.807) is 0 Å². The third-order valence-electron chi connectivity index (χ3n) is 2.70. The Bertz CT molecular complexity index is 224. The summed E-state index contributed by atoms with van der Waals surface area (Å²) in [5, 5.41) is 28.5. The van der Waals surface area contributed by atoms with Crippen LogP contribution >= 0.6 is 0 Å². The van der Waals surface area contributed by atoms with Gasteiger partial charge >= 0.3 is 0 Å². The number of aliphatic hydroxyl groups excluding tert-OH is 2. The van der Waals surface area contributed by atoms with Gasteiger partial charge in [-0.1, -0.05) is 20.8 Å². The van der Waals surface area contributed by atoms with Gasteiger partial charge in [0, 0.05) is 6.42 Å². The normalized spacial score (nSPS) is 43.0. The molecule has 0 saturated carbocycles. The van der Waals surface area contributed by atoms with Gasteiger partial charge in [0.25, 0.3) is 0 Å². The number of nitrogens with two attached hydrogens (primary N) is 1.